The lowest BCUT2D eigenvalue weighted by atomic mass is 10.2. The highest BCUT2D eigenvalue weighted by atomic mass is 16.7. The molecule has 1 fully saturated rings. The molecule has 0 bridgehead atoms. The molecule has 11 nitrogen and oxygen atoms in total. The van der Waals surface area contributed by atoms with Gasteiger partial charge in [-0.15, -0.1) is 5.06 Å². The number of hydrogen-bond donors (Lipinski definition) is 0. The van der Waals surface area contributed by atoms with E-state index in [9.17, 15) is 24.0 Å². The molecule has 0 aliphatic carbocycles. The van der Waals surface area contributed by atoms with Gasteiger partial charge in [-0.2, -0.15) is 4.98 Å². The first-order chi connectivity index (χ1) is 13.4. The molecule has 0 unspecified atom stereocenters. The zero-order chi connectivity index (χ0) is 20.0. The van der Waals surface area contributed by atoms with Crippen molar-refractivity contribution >= 4 is 28.8 Å². The van der Waals surface area contributed by atoms with Gasteiger partial charge >= 0.3 is 11.7 Å². The Morgan fingerprint density at radius 1 is 1.07 bits per heavy atom. The molecule has 3 heterocycles. The van der Waals surface area contributed by atoms with Crippen LogP contribution in [0.1, 0.15) is 12.8 Å². The molecule has 1 saturated heterocycles. The Labute approximate surface area is 156 Å². The standard InChI is InChI=1S/C17H13N5O6/c1-20-10-5-3-2-4-9(10)18-14-15(20)19-17(27)21(16(14)26)8-13(25)28-22-11(23)6-7-12(22)24/h2-5H,6-8H2,1H3. The average molecular weight is 383 g/mol. The number of hydroxylamine groups is 2. The van der Waals surface area contributed by atoms with Crippen molar-refractivity contribution < 1.29 is 19.2 Å². The molecule has 1 aromatic rings. The predicted molar refractivity (Wildman–Crippen MR) is 92.8 cm³/mol. The summed E-state index contributed by atoms with van der Waals surface area (Å²) < 4.78 is 2.11. The Kier molecular flexibility index (Phi) is 3.99. The van der Waals surface area contributed by atoms with Crippen molar-refractivity contribution in [3.63, 3.8) is 0 Å². The van der Waals surface area contributed by atoms with E-state index in [0.717, 1.165) is 0 Å². The monoisotopic (exact) mass is 383 g/mol. The van der Waals surface area contributed by atoms with E-state index in [2.05, 4.69) is 9.97 Å². The third-order valence-electron chi connectivity index (χ3n) is 4.37. The van der Waals surface area contributed by atoms with Gasteiger partial charge in [0.25, 0.3) is 17.4 Å². The van der Waals surface area contributed by atoms with Gasteiger partial charge in [0.15, 0.2) is 11.5 Å². The van der Waals surface area contributed by atoms with Crippen molar-refractivity contribution in [2.75, 3.05) is 0 Å². The minimum atomic E-state index is -1.12. The van der Waals surface area contributed by atoms with E-state index in [4.69, 9.17) is 4.84 Å². The van der Waals surface area contributed by atoms with Crippen molar-refractivity contribution in [3.05, 3.63) is 45.1 Å². The summed E-state index contributed by atoms with van der Waals surface area (Å²) in [6.45, 7) is -0.810. The van der Waals surface area contributed by atoms with Crippen molar-refractivity contribution in [3.8, 4) is 11.5 Å². The Morgan fingerprint density at radius 3 is 2.46 bits per heavy atom. The lowest BCUT2D eigenvalue weighted by Crippen LogP contribution is -2.42. The average Bonchev–Trinajstić information content (AvgIpc) is 2.98. The molecule has 11 heteroatoms. The zero-order valence-corrected chi connectivity index (χ0v) is 14.6. The molecule has 3 aliphatic heterocycles. The Hall–Kier alpha value is -3.89. The number of rotatable bonds is 3. The van der Waals surface area contributed by atoms with Crippen molar-refractivity contribution in [2.24, 2.45) is 7.05 Å². The SMILES string of the molecule is Cn1c2nc(=O)n(CC(=O)ON3C(=O)CCC3=O)c(=O)c-2nc2ccccc21. The maximum atomic E-state index is 12.7. The van der Waals surface area contributed by atoms with Gasteiger partial charge in [-0.3, -0.25) is 14.4 Å². The molecular formula is C17H13N5O6. The number of aromatic nitrogens is 4. The van der Waals surface area contributed by atoms with Crippen LogP contribution in [0.5, 0.6) is 0 Å². The summed E-state index contributed by atoms with van der Waals surface area (Å²) >= 11 is 0. The van der Waals surface area contributed by atoms with Crippen LogP contribution in [0.15, 0.2) is 33.9 Å². The molecule has 28 heavy (non-hydrogen) atoms. The molecule has 0 atom stereocenters. The second-order valence-electron chi connectivity index (χ2n) is 6.16. The van der Waals surface area contributed by atoms with E-state index >= 15 is 0 Å². The van der Waals surface area contributed by atoms with Crippen LogP contribution in [0, 0.1) is 0 Å². The number of aryl methyl sites for hydroxylation is 1. The number of nitrogens with zero attached hydrogens (tertiary/aromatic N) is 5. The largest absolute Gasteiger partial charge is 0.353 e. The molecule has 1 aromatic carbocycles. The number of fused-ring (bicyclic) bond motifs is 2. The minimum absolute atomic E-state index is 0.0656. The molecule has 4 rings (SSSR count). The number of benzene rings is 1. The summed E-state index contributed by atoms with van der Waals surface area (Å²) in [5.41, 5.74) is -0.711. The van der Waals surface area contributed by atoms with Crippen LogP contribution < -0.4 is 11.2 Å². The maximum absolute atomic E-state index is 12.7. The van der Waals surface area contributed by atoms with Crippen LogP contribution in [0.3, 0.4) is 0 Å². The summed E-state index contributed by atoms with van der Waals surface area (Å²) in [6, 6.07) is 6.99. The topological polar surface area (TPSA) is 133 Å². The van der Waals surface area contributed by atoms with E-state index < -0.39 is 35.6 Å². The number of carbonyl (C=O) groups excluding carboxylic acids is 3. The normalized spacial score (nSPS) is 14.2. The van der Waals surface area contributed by atoms with Gasteiger partial charge < -0.3 is 9.40 Å². The molecule has 0 aromatic heterocycles. The molecule has 2 amide bonds. The molecule has 0 spiro atoms. The fraction of sp³-hybridized carbons (Fsp3) is 0.235. The summed E-state index contributed by atoms with van der Waals surface area (Å²) in [7, 11) is 1.64. The fourth-order valence-corrected chi connectivity index (χ4v) is 2.98. The summed E-state index contributed by atoms with van der Waals surface area (Å²) in [4.78, 5) is 72.9. The van der Waals surface area contributed by atoms with Crippen molar-refractivity contribution in [2.45, 2.75) is 19.4 Å². The fourth-order valence-electron chi connectivity index (χ4n) is 2.98. The van der Waals surface area contributed by atoms with Gasteiger partial charge in [-0.1, -0.05) is 12.1 Å². The third kappa shape index (κ3) is 2.73. The summed E-state index contributed by atoms with van der Waals surface area (Å²) in [6.07, 6.45) is -0.131. The first-order valence-electron chi connectivity index (χ1n) is 8.29. The van der Waals surface area contributed by atoms with Crippen molar-refractivity contribution in [1.29, 1.82) is 0 Å². The van der Waals surface area contributed by atoms with Gasteiger partial charge in [0, 0.05) is 19.9 Å². The van der Waals surface area contributed by atoms with Crippen LogP contribution >= 0.6 is 0 Å². The Morgan fingerprint density at radius 2 is 1.75 bits per heavy atom. The van der Waals surface area contributed by atoms with E-state index in [1.165, 1.54) is 0 Å². The highest BCUT2D eigenvalue weighted by molar-refractivity contribution is 6.01. The van der Waals surface area contributed by atoms with Gasteiger partial charge in [0.1, 0.15) is 6.54 Å². The summed E-state index contributed by atoms with van der Waals surface area (Å²) in [5, 5.41) is 0.345. The number of imide groups is 1. The van der Waals surface area contributed by atoms with Gasteiger partial charge in [0.05, 0.1) is 11.0 Å². The first-order valence-corrected chi connectivity index (χ1v) is 8.29. The van der Waals surface area contributed by atoms with E-state index in [1.807, 2.05) is 0 Å². The van der Waals surface area contributed by atoms with Gasteiger partial charge in [0.2, 0.25) is 0 Å². The zero-order valence-electron chi connectivity index (χ0n) is 14.6. The van der Waals surface area contributed by atoms with Gasteiger partial charge in [-0.05, 0) is 12.1 Å². The molecule has 142 valence electrons. The van der Waals surface area contributed by atoms with Crippen LogP contribution in [0.25, 0.3) is 22.6 Å². The Bertz CT molecular complexity index is 1230. The maximum Gasteiger partial charge on any atom is 0.353 e. The molecule has 0 saturated carbocycles. The smallest absolute Gasteiger partial charge is 0.328 e. The van der Waals surface area contributed by atoms with Crippen LogP contribution in [0.4, 0.5) is 0 Å². The lowest BCUT2D eigenvalue weighted by molar-refractivity contribution is -0.198. The highest BCUT2D eigenvalue weighted by Crippen LogP contribution is 2.18. The van der Waals surface area contributed by atoms with Crippen LogP contribution in [-0.4, -0.2) is 41.9 Å². The second-order valence-corrected chi connectivity index (χ2v) is 6.16. The lowest BCUT2D eigenvalue weighted by Gasteiger charge is -2.15. The van der Waals surface area contributed by atoms with E-state index in [-0.39, 0.29) is 24.4 Å². The Balaban J connectivity index is 1.75. The second kappa shape index (κ2) is 6.37. The highest BCUT2D eigenvalue weighted by Gasteiger charge is 2.33. The van der Waals surface area contributed by atoms with Crippen LogP contribution in [-0.2, 0) is 32.8 Å². The van der Waals surface area contributed by atoms with Crippen LogP contribution in [0.2, 0.25) is 0 Å². The first kappa shape index (κ1) is 17.5. The quantitative estimate of drug-likeness (QED) is 0.424. The van der Waals surface area contributed by atoms with Gasteiger partial charge in [-0.25, -0.2) is 19.1 Å². The molecule has 0 radical (unpaired) electrons. The van der Waals surface area contributed by atoms with Crippen molar-refractivity contribution in [1.82, 2.24) is 24.2 Å². The molecular weight excluding hydrogens is 370 g/mol. The number of carbonyl (C=O) groups is 3. The van der Waals surface area contributed by atoms with E-state index in [0.29, 0.717) is 20.7 Å². The predicted octanol–water partition coefficient (Wildman–Crippen LogP) is -0.798. The molecule has 0 N–H and O–H groups in total. The minimum Gasteiger partial charge on any atom is -0.328 e. The number of hydrogen-bond acceptors (Lipinski definition) is 8. The number of amides is 2. The number of para-hydroxylation sites is 2. The van der Waals surface area contributed by atoms with E-state index in [1.54, 1.807) is 35.9 Å². The third-order valence-corrected chi connectivity index (χ3v) is 4.37. The summed E-state index contributed by atoms with van der Waals surface area (Å²) in [5.74, 6) is -2.37. The molecule has 3 aliphatic rings.